The van der Waals surface area contributed by atoms with Crippen LogP contribution in [0.15, 0.2) is 75.0 Å². The highest BCUT2D eigenvalue weighted by Crippen LogP contribution is 2.39. The number of thioether (sulfide) groups is 1. The lowest BCUT2D eigenvalue weighted by Gasteiger charge is -2.13. The molecule has 0 atom stereocenters. The summed E-state index contributed by atoms with van der Waals surface area (Å²) in [5.41, 5.74) is 3.54. The van der Waals surface area contributed by atoms with Gasteiger partial charge in [-0.25, -0.2) is 4.99 Å². The third kappa shape index (κ3) is 5.79. The predicted molar refractivity (Wildman–Crippen MR) is 138 cm³/mol. The number of rotatable bonds is 6. The average Bonchev–Trinajstić information content (AvgIpc) is 3.14. The van der Waals surface area contributed by atoms with Crippen molar-refractivity contribution in [2.45, 2.75) is 13.5 Å². The summed E-state index contributed by atoms with van der Waals surface area (Å²) >= 11 is 10.9. The molecule has 1 saturated heterocycles. The van der Waals surface area contributed by atoms with Crippen molar-refractivity contribution in [1.82, 2.24) is 5.32 Å². The summed E-state index contributed by atoms with van der Waals surface area (Å²) in [5.74, 6) is 0.971. The highest BCUT2D eigenvalue weighted by atomic mass is 79.9. The number of hydrogen-bond acceptors (Lipinski definition) is 5. The van der Waals surface area contributed by atoms with Gasteiger partial charge in [0, 0.05) is 5.02 Å². The van der Waals surface area contributed by atoms with Crippen molar-refractivity contribution in [3.05, 3.63) is 91.8 Å². The second kappa shape index (κ2) is 10.5. The molecule has 1 N–H and O–H groups in total. The van der Waals surface area contributed by atoms with Gasteiger partial charge in [-0.3, -0.25) is 4.79 Å². The zero-order valence-electron chi connectivity index (χ0n) is 17.9. The fourth-order valence-electron chi connectivity index (χ4n) is 3.18. The molecule has 33 heavy (non-hydrogen) atoms. The Morgan fingerprint density at radius 1 is 1.15 bits per heavy atom. The minimum Gasteiger partial charge on any atom is -0.493 e. The molecular formula is C25H20BrClN2O3S. The highest BCUT2D eigenvalue weighted by molar-refractivity contribution is 9.10. The van der Waals surface area contributed by atoms with Gasteiger partial charge in [-0.15, -0.1) is 0 Å². The number of aliphatic imine (C=N–C) groups is 1. The third-order valence-corrected chi connectivity index (χ3v) is 6.54. The molecule has 1 aliphatic rings. The number of benzene rings is 3. The molecule has 0 aromatic heterocycles. The van der Waals surface area contributed by atoms with Gasteiger partial charge >= 0.3 is 0 Å². The van der Waals surface area contributed by atoms with Crippen LogP contribution < -0.4 is 14.8 Å². The number of carbonyl (C=O) groups excluding carboxylic acids is 1. The molecule has 1 heterocycles. The Balaban J connectivity index is 1.55. The van der Waals surface area contributed by atoms with Crippen molar-refractivity contribution in [3.8, 4) is 11.5 Å². The zero-order valence-corrected chi connectivity index (χ0v) is 21.1. The van der Waals surface area contributed by atoms with Crippen molar-refractivity contribution in [2.75, 3.05) is 7.11 Å². The predicted octanol–water partition coefficient (Wildman–Crippen LogP) is 6.89. The van der Waals surface area contributed by atoms with Gasteiger partial charge in [0.05, 0.1) is 22.2 Å². The van der Waals surface area contributed by atoms with Gasteiger partial charge in [0.25, 0.3) is 5.91 Å². The summed E-state index contributed by atoms with van der Waals surface area (Å²) in [7, 11) is 1.59. The summed E-state index contributed by atoms with van der Waals surface area (Å²) in [6.45, 7) is 2.34. The number of aryl methyl sites for hydroxylation is 1. The molecule has 0 spiro atoms. The number of amidine groups is 1. The van der Waals surface area contributed by atoms with Crippen molar-refractivity contribution >= 4 is 62.1 Å². The van der Waals surface area contributed by atoms with E-state index in [0.717, 1.165) is 26.9 Å². The van der Waals surface area contributed by atoms with Gasteiger partial charge in [0.15, 0.2) is 16.7 Å². The number of nitrogens with one attached hydrogen (secondary N) is 1. The Hall–Kier alpha value is -2.74. The third-order valence-electron chi connectivity index (χ3n) is 4.81. The Bertz CT molecular complexity index is 1260. The lowest BCUT2D eigenvalue weighted by molar-refractivity contribution is -0.115. The molecule has 5 nitrogen and oxygen atoms in total. The second-order valence-corrected chi connectivity index (χ2v) is 9.54. The van der Waals surface area contributed by atoms with Crippen LogP contribution >= 0.6 is 39.3 Å². The summed E-state index contributed by atoms with van der Waals surface area (Å²) < 4.78 is 12.3. The lowest BCUT2D eigenvalue weighted by atomic mass is 10.2. The molecule has 168 valence electrons. The molecule has 8 heteroatoms. The SMILES string of the molecule is COc1cc(/C=C2\SC(=Nc3ccc(Cl)cc3C)NC2=O)cc(Br)c1OCc1ccccc1. The highest BCUT2D eigenvalue weighted by Gasteiger charge is 2.24. The van der Waals surface area contributed by atoms with Crippen molar-refractivity contribution in [1.29, 1.82) is 0 Å². The maximum atomic E-state index is 12.5. The standard InChI is InChI=1S/C25H20BrClN2O3S/c1-15-10-18(27)8-9-20(15)28-25-29-24(30)22(33-25)13-17-11-19(26)23(21(12-17)31-2)32-14-16-6-4-3-5-7-16/h3-13H,14H2,1-2H3,(H,28,29,30)/b22-13-. The smallest absolute Gasteiger partial charge is 0.264 e. The monoisotopic (exact) mass is 542 g/mol. The number of carbonyl (C=O) groups is 1. The molecule has 3 aromatic carbocycles. The van der Waals surface area contributed by atoms with E-state index in [1.165, 1.54) is 11.8 Å². The van der Waals surface area contributed by atoms with Crippen LogP contribution in [0.5, 0.6) is 11.5 Å². The molecule has 0 bridgehead atoms. The topological polar surface area (TPSA) is 59.9 Å². The van der Waals surface area contributed by atoms with E-state index in [-0.39, 0.29) is 5.91 Å². The number of halogens is 2. The van der Waals surface area contributed by atoms with Gasteiger partial charge in [0.2, 0.25) is 0 Å². The van der Waals surface area contributed by atoms with Crippen LogP contribution in [-0.2, 0) is 11.4 Å². The maximum absolute atomic E-state index is 12.5. The molecule has 0 saturated carbocycles. The Kier molecular flexibility index (Phi) is 7.42. The molecule has 1 amide bonds. The van der Waals surface area contributed by atoms with Gasteiger partial charge in [0.1, 0.15) is 6.61 Å². The van der Waals surface area contributed by atoms with E-state index in [9.17, 15) is 4.79 Å². The quantitative estimate of drug-likeness (QED) is 0.344. The summed E-state index contributed by atoms with van der Waals surface area (Å²) in [6.07, 6.45) is 1.80. The molecular weight excluding hydrogens is 524 g/mol. The van der Waals surface area contributed by atoms with E-state index in [4.69, 9.17) is 21.1 Å². The molecule has 1 fully saturated rings. The fourth-order valence-corrected chi connectivity index (χ4v) is 4.81. The normalized spacial score (nSPS) is 15.7. The van der Waals surface area contributed by atoms with Gasteiger partial charge in [-0.05, 0) is 87.7 Å². The molecule has 0 unspecified atom stereocenters. The zero-order chi connectivity index (χ0) is 23.4. The molecule has 0 aliphatic carbocycles. The van der Waals surface area contributed by atoms with Crippen LogP contribution in [0.4, 0.5) is 5.69 Å². The number of methoxy groups -OCH3 is 1. The molecule has 3 aromatic rings. The van der Waals surface area contributed by atoms with Gasteiger partial charge in [-0.1, -0.05) is 41.9 Å². The maximum Gasteiger partial charge on any atom is 0.264 e. The largest absolute Gasteiger partial charge is 0.493 e. The second-order valence-electron chi connectivity index (χ2n) is 7.22. The van der Waals surface area contributed by atoms with E-state index in [2.05, 4.69) is 26.2 Å². The first-order valence-corrected chi connectivity index (χ1v) is 12.0. The Morgan fingerprint density at radius 3 is 2.67 bits per heavy atom. The van der Waals surface area contributed by atoms with Crippen LogP contribution in [-0.4, -0.2) is 18.2 Å². The first kappa shape index (κ1) is 23.4. The molecule has 4 rings (SSSR count). The van der Waals surface area contributed by atoms with Crippen molar-refractivity contribution in [2.24, 2.45) is 4.99 Å². The van der Waals surface area contributed by atoms with Crippen LogP contribution in [0.1, 0.15) is 16.7 Å². The first-order valence-electron chi connectivity index (χ1n) is 10.0. The minimum absolute atomic E-state index is 0.204. The van der Waals surface area contributed by atoms with Gasteiger partial charge in [-0.2, -0.15) is 0 Å². The number of ether oxygens (including phenoxy) is 2. The first-order chi connectivity index (χ1) is 15.9. The summed E-state index contributed by atoms with van der Waals surface area (Å²) in [6, 6.07) is 19.1. The molecule has 0 radical (unpaired) electrons. The summed E-state index contributed by atoms with van der Waals surface area (Å²) in [5, 5.41) is 3.98. The van der Waals surface area contributed by atoms with E-state index < -0.39 is 0 Å². The lowest BCUT2D eigenvalue weighted by Crippen LogP contribution is -2.19. The number of hydrogen-bond donors (Lipinski definition) is 1. The average molecular weight is 544 g/mol. The van der Waals surface area contributed by atoms with Crippen LogP contribution in [0.3, 0.4) is 0 Å². The van der Waals surface area contributed by atoms with E-state index >= 15 is 0 Å². The molecule has 1 aliphatic heterocycles. The van der Waals surface area contributed by atoms with E-state index in [0.29, 0.717) is 33.2 Å². The van der Waals surface area contributed by atoms with E-state index in [1.54, 1.807) is 19.3 Å². The fraction of sp³-hybridized carbons (Fsp3) is 0.120. The number of nitrogens with zero attached hydrogens (tertiary/aromatic N) is 1. The Labute approximate surface area is 210 Å². The van der Waals surface area contributed by atoms with Crippen LogP contribution in [0.25, 0.3) is 6.08 Å². The van der Waals surface area contributed by atoms with Crippen LogP contribution in [0.2, 0.25) is 5.02 Å². The van der Waals surface area contributed by atoms with Crippen molar-refractivity contribution in [3.63, 3.8) is 0 Å². The van der Waals surface area contributed by atoms with Crippen LogP contribution in [0, 0.1) is 6.92 Å². The van der Waals surface area contributed by atoms with Crippen molar-refractivity contribution < 1.29 is 14.3 Å². The summed E-state index contributed by atoms with van der Waals surface area (Å²) in [4.78, 5) is 17.6. The minimum atomic E-state index is -0.204. The van der Waals surface area contributed by atoms with E-state index in [1.807, 2.05) is 61.5 Å². The van der Waals surface area contributed by atoms with Gasteiger partial charge < -0.3 is 14.8 Å². The number of amides is 1. The Morgan fingerprint density at radius 2 is 1.94 bits per heavy atom.